The minimum absolute atomic E-state index is 0.0775. The number of nitrogens with one attached hydrogen (secondary N) is 2. The Morgan fingerprint density at radius 1 is 1.04 bits per heavy atom. The van der Waals surface area contributed by atoms with Crippen molar-refractivity contribution < 1.29 is 30.8 Å². The first-order valence-electron chi connectivity index (χ1n) is 7.57. The third kappa shape index (κ3) is 3.81. The first-order valence-corrected chi connectivity index (χ1v) is 9.05. The fourth-order valence-corrected chi connectivity index (χ4v) is 3.28. The lowest BCUT2D eigenvalue weighted by atomic mass is 10.1. The number of alkyl halides is 3. The summed E-state index contributed by atoms with van der Waals surface area (Å²) in [5, 5.41) is 0.702. The van der Waals surface area contributed by atoms with Gasteiger partial charge in [-0.3, -0.25) is 10.2 Å². The third-order valence-electron chi connectivity index (χ3n) is 3.84. The molecular formula is C17H13F3N2O4S. The number of carbonyl (C=O) groups is 1. The van der Waals surface area contributed by atoms with Crippen molar-refractivity contribution in [3.8, 4) is 0 Å². The molecule has 3 rings (SSSR count). The molecule has 0 aliphatic heterocycles. The summed E-state index contributed by atoms with van der Waals surface area (Å²) in [6, 6.07) is 9.76. The Hall–Kier alpha value is -2.85. The summed E-state index contributed by atoms with van der Waals surface area (Å²) < 4.78 is 67.4. The van der Waals surface area contributed by atoms with Crippen LogP contribution in [0.1, 0.15) is 21.7 Å². The van der Waals surface area contributed by atoms with Gasteiger partial charge < -0.3 is 4.42 Å². The van der Waals surface area contributed by atoms with Crippen molar-refractivity contribution in [1.29, 1.82) is 0 Å². The molecule has 0 aliphatic carbocycles. The molecule has 10 heteroatoms. The largest absolute Gasteiger partial charge is 0.451 e. The molecule has 0 saturated heterocycles. The second kappa shape index (κ2) is 6.71. The summed E-state index contributed by atoms with van der Waals surface area (Å²) in [5.74, 6) is -0.912. The van der Waals surface area contributed by atoms with Gasteiger partial charge in [-0.15, -0.1) is 4.83 Å². The molecule has 3 aromatic rings. The van der Waals surface area contributed by atoms with Crippen LogP contribution in [0.3, 0.4) is 0 Å². The van der Waals surface area contributed by atoms with Crippen molar-refractivity contribution in [2.75, 3.05) is 0 Å². The number of benzene rings is 2. The van der Waals surface area contributed by atoms with Crippen molar-refractivity contribution in [2.45, 2.75) is 18.0 Å². The van der Waals surface area contributed by atoms with Crippen molar-refractivity contribution in [2.24, 2.45) is 0 Å². The van der Waals surface area contributed by atoms with E-state index in [0.717, 1.165) is 12.1 Å². The summed E-state index contributed by atoms with van der Waals surface area (Å²) in [7, 11) is -4.26. The van der Waals surface area contributed by atoms with Crippen LogP contribution in [0.5, 0.6) is 0 Å². The molecule has 0 fully saturated rings. The number of aryl methyl sites for hydroxylation is 1. The van der Waals surface area contributed by atoms with Crippen LogP contribution in [0.25, 0.3) is 11.0 Å². The second-order valence-electron chi connectivity index (χ2n) is 5.63. The fourth-order valence-electron chi connectivity index (χ4n) is 2.44. The first-order chi connectivity index (χ1) is 12.6. The Bertz CT molecular complexity index is 1100. The molecule has 6 nitrogen and oxygen atoms in total. The maximum atomic E-state index is 12.6. The normalized spacial score (nSPS) is 12.3. The standard InChI is InChI=1S/C17H13F3N2O4S/c1-10-13-4-2-3-5-14(13)26-15(10)16(23)21-22-27(24,25)12-8-6-11(7-9-12)17(18,19)20/h2-9,22H,1H3,(H,21,23). The molecular weight excluding hydrogens is 385 g/mol. The molecule has 2 aromatic carbocycles. The number of carbonyl (C=O) groups excluding carboxylic acids is 1. The van der Waals surface area contributed by atoms with Gasteiger partial charge >= 0.3 is 12.1 Å². The molecule has 1 aromatic heterocycles. The molecule has 0 atom stereocenters. The molecule has 0 saturated carbocycles. The highest BCUT2D eigenvalue weighted by Gasteiger charge is 2.30. The summed E-state index contributed by atoms with van der Waals surface area (Å²) in [6.07, 6.45) is -4.58. The molecule has 142 valence electrons. The molecule has 1 amide bonds. The van der Waals surface area contributed by atoms with Gasteiger partial charge in [-0.1, -0.05) is 18.2 Å². The van der Waals surface area contributed by atoms with E-state index < -0.39 is 32.6 Å². The molecule has 0 bridgehead atoms. The van der Waals surface area contributed by atoms with Gasteiger partial charge in [-0.2, -0.15) is 13.2 Å². The van der Waals surface area contributed by atoms with E-state index in [1.165, 1.54) is 0 Å². The molecule has 2 N–H and O–H groups in total. The van der Waals surface area contributed by atoms with Gasteiger partial charge in [0.1, 0.15) is 5.58 Å². The van der Waals surface area contributed by atoms with E-state index in [1.54, 1.807) is 31.2 Å². The van der Waals surface area contributed by atoms with E-state index >= 15 is 0 Å². The SMILES string of the molecule is Cc1c(C(=O)NNS(=O)(=O)c2ccc(C(F)(F)F)cc2)oc2ccccc12. The molecule has 0 aliphatic rings. The van der Waals surface area contributed by atoms with Gasteiger partial charge in [-0.25, -0.2) is 8.42 Å². The average Bonchev–Trinajstić information content (AvgIpc) is 2.96. The lowest BCUT2D eigenvalue weighted by Crippen LogP contribution is -2.41. The lowest BCUT2D eigenvalue weighted by molar-refractivity contribution is -0.137. The monoisotopic (exact) mass is 398 g/mol. The average molecular weight is 398 g/mol. The van der Waals surface area contributed by atoms with E-state index in [2.05, 4.69) is 0 Å². The summed E-state index contributed by atoms with van der Waals surface area (Å²) in [6.45, 7) is 1.64. The van der Waals surface area contributed by atoms with Crippen LogP contribution in [0.4, 0.5) is 13.2 Å². The van der Waals surface area contributed by atoms with E-state index in [-0.39, 0.29) is 5.76 Å². The smallest absolute Gasteiger partial charge is 0.416 e. The van der Waals surface area contributed by atoms with E-state index in [9.17, 15) is 26.4 Å². The second-order valence-corrected chi connectivity index (χ2v) is 7.32. The van der Waals surface area contributed by atoms with Crippen LogP contribution in [-0.4, -0.2) is 14.3 Å². The fraction of sp³-hybridized carbons (Fsp3) is 0.118. The van der Waals surface area contributed by atoms with Gasteiger partial charge in [0.25, 0.3) is 10.0 Å². The van der Waals surface area contributed by atoms with Crippen LogP contribution in [0.15, 0.2) is 57.8 Å². The highest BCUT2D eigenvalue weighted by molar-refractivity contribution is 7.89. The van der Waals surface area contributed by atoms with Crippen LogP contribution in [0, 0.1) is 6.92 Å². The van der Waals surface area contributed by atoms with Crippen LogP contribution < -0.4 is 10.3 Å². The van der Waals surface area contributed by atoms with Crippen molar-refractivity contribution >= 4 is 26.9 Å². The lowest BCUT2D eigenvalue weighted by Gasteiger charge is -2.10. The van der Waals surface area contributed by atoms with Crippen molar-refractivity contribution in [3.05, 3.63) is 65.4 Å². The van der Waals surface area contributed by atoms with Gasteiger partial charge in [0, 0.05) is 10.9 Å². The Balaban J connectivity index is 1.76. The molecule has 1 heterocycles. The predicted octanol–water partition coefficient (Wildman–Crippen LogP) is 3.38. The highest BCUT2D eigenvalue weighted by atomic mass is 32.2. The Labute approximate surface area is 152 Å². The molecule has 27 heavy (non-hydrogen) atoms. The van der Waals surface area contributed by atoms with Gasteiger partial charge in [0.2, 0.25) is 0 Å². The van der Waals surface area contributed by atoms with Crippen molar-refractivity contribution in [3.63, 3.8) is 0 Å². The minimum Gasteiger partial charge on any atom is -0.451 e. The third-order valence-corrected chi connectivity index (χ3v) is 5.10. The molecule has 0 radical (unpaired) electrons. The maximum Gasteiger partial charge on any atom is 0.416 e. The number of hydrazine groups is 1. The number of furan rings is 1. The number of hydrogen-bond donors (Lipinski definition) is 2. The first kappa shape index (κ1) is 18.9. The zero-order valence-electron chi connectivity index (χ0n) is 13.8. The molecule has 0 unspecified atom stereocenters. The molecule has 0 spiro atoms. The van der Waals surface area contributed by atoms with Gasteiger partial charge in [0.15, 0.2) is 5.76 Å². The minimum atomic E-state index is -4.58. The summed E-state index contributed by atoms with van der Waals surface area (Å²) >= 11 is 0. The Morgan fingerprint density at radius 3 is 2.26 bits per heavy atom. The van der Waals surface area contributed by atoms with Crippen LogP contribution in [0.2, 0.25) is 0 Å². The Morgan fingerprint density at radius 2 is 1.67 bits per heavy atom. The van der Waals surface area contributed by atoms with Gasteiger partial charge in [-0.05, 0) is 37.3 Å². The quantitative estimate of drug-likeness (QED) is 0.660. The highest BCUT2D eigenvalue weighted by Crippen LogP contribution is 2.29. The van der Waals surface area contributed by atoms with Gasteiger partial charge in [0.05, 0.1) is 10.5 Å². The number of fused-ring (bicyclic) bond motifs is 1. The number of halogens is 3. The van der Waals surface area contributed by atoms with Crippen LogP contribution >= 0.6 is 0 Å². The zero-order valence-corrected chi connectivity index (χ0v) is 14.6. The van der Waals surface area contributed by atoms with E-state index in [4.69, 9.17) is 4.42 Å². The number of amides is 1. The number of para-hydroxylation sites is 1. The van der Waals surface area contributed by atoms with E-state index in [0.29, 0.717) is 28.7 Å². The summed E-state index contributed by atoms with van der Waals surface area (Å²) in [4.78, 5) is 13.6. The van der Waals surface area contributed by atoms with Crippen LogP contribution in [-0.2, 0) is 16.2 Å². The Kier molecular flexibility index (Phi) is 4.70. The summed E-state index contributed by atoms with van der Waals surface area (Å²) in [5.41, 5.74) is 2.00. The predicted molar refractivity (Wildman–Crippen MR) is 90.2 cm³/mol. The topological polar surface area (TPSA) is 88.4 Å². The van der Waals surface area contributed by atoms with Crippen molar-refractivity contribution in [1.82, 2.24) is 10.3 Å². The number of sulfonamides is 1. The maximum absolute atomic E-state index is 12.6. The number of rotatable bonds is 4. The number of hydrogen-bond acceptors (Lipinski definition) is 4. The van der Waals surface area contributed by atoms with E-state index in [1.807, 2.05) is 10.3 Å². The zero-order chi connectivity index (χ0) is 19.8.